The van der Waals surface area contributed by atoms with Gasteiger partial charge in [-0.2, -0.15) is 0 Å². The SMILES string of the molecule is Cc1ccc(CNc2cccnc2Cl)cc1Cl. The van der Waals surface area contributed by atoms with Crippen molar-refractivity contribution in [2.24, 2.45) is 0 Å². The van der Waals surface area contributed by atoms with Crippen molar-refractivity contribution in [1.82, 2.24) is 4.98 Å². The van der Waals surface area contributed by atoms with Crippen molar-refractivity contribution in [2.75, 3.05) is 5.32 Å². The van der Waals surface area contributed by atoms with Gasteiger partial charge in [0, 0.05) is 17.8 Å². The molecule has 0 spiro atoms. The fraction of sp³-hybridized carbons (Fsp3) is 0.154. The van der Waals surface area contributed by atoms with Crippen LogP contribution in [0.15, 0.2) is 36.5 Å². The second kappa shape index (κ2) is 5.39. The first-order chi connectivity index (χ1) is 8.16. The van der Waals surface area contributed by atoms with Gasteiger partial charge in [0.2, 0.25) is 0 Å². The van der Waals surface area contributed by atoms with Gasteiger partial charge in [0.15, 0.2) is 5.15 Å². The number of pyridine rings is 1. The lowest BCUT2D eigenvalue weighted by Crippen LogP contribution is -2.00. The zero-order valence-electron chi connectivity index (χ0n) is 9.37. The lowest BCUT2D eigenvalue weighted by molar-refractivity contribution is 1.13. The summed E-state index contributed by atoms with van der Waals surface area (Å²) in [5, 5.41) is 4.48. The molecule has 0 amide bonds. The predicted molar refractivity (Wildman–Crippen MR) is 72.8 cm³/mol. The minimum Gasteiger partial charge on any atom is -0.378 e. The van der Waals surface area contributed by atoms with Crippen LogP contribution in [0.1, 0.15) is 11.1 Å². The first-order valence-electron chi connectivity index (χ1n) is 5.26. The Balaban J connectivity index is 2.08. The van der Waals surface area contributed by atoms with E-state index < -0.39 is 0 Å². The number of aryl methyl sites for hydroxylation is 1. The van der Waals surface area contributed by atoms with Crippen molar-refractivity contribution in [3.8, 4) is 0 Å². The summed E-state index contributed by atoms with van der Waals surface area (Å²) in [7, 11) is 0. The first-order valence-corrected chi connectivity index (χ1v) is 6.02. The molecule has 88 valence electrons. The molecule has 0 aliphatic heterocycles. The fourth-order valence-electron chi connectivity index (χ4n) is 1.46. The molecule has 1 aromatic carbocycles. The van der Waals surface area contributed by atoms with E-state index >= 15 is 0 Å². The molecule has 0 saturated carbocycles. The third-order valence-corrected chi connectivity index (χ3v) is 3.19. The quantitative estimate of drug-likeness (QED) is 0.838. The van der Waals surface area contributed by atoms with Crippen LogP contribution < -0.4 is 5.32 Å². The van der Waals surface area contributed by atoms with Gasteiger partial charge in [-0.3, -0.25) is 0 Å². The van der Waals surface area contributed by atoms with E-state index in [0.717, 1.165) is 21.8 Å². The molecule has 0 atom stereocenters. The largest absolute Gasteiger partial charge is 0.378 e. The number of anilines is 1. The van der Waals surface area contributed by atoms with Crippen LogP contribution in [0.25, 0.3) is 0 Å². The van der Waals surface area contributed by atoms with Crippen LogP contribution in [0.3, 0.4) is 0 Å². The van der Waals surface area contributed by atoms with Crippen LogP contribution in [0.4, 0.5) is 5.69 Å². The molecular weight excluding hydrogens is 255 g/mol. The summed E-state index contributed by atoms with van der Waals surface area (Å²) in [4.78, 5) is 4.00. The highest BCUT2D eigenvalue weighted by atomic mass is 35.5. The molecule has 2 aromatic rings. The predicted octanol–water partition coefficient (Wildman–Crippen LogP) is 4.31. The standard InChI is InChI=1S/C13H12Cl2N2/c1-9-4-5-10(7-11(9)14)8-17-12-3-2-6-16-13(12)15/h2-7,17H,8H2,1H3. The van der Waals surface area contributed by atoms with Gasteiger partial charge < -0.3 is 5.32 Å². The maximum Gasteiger partial charge on any atom is 0.152 e. The zero-order chi connectivity index (χ0) is 12.3. The number of benzene rings is 1. The molecule has 17 heavy (non-hydrogen) atoms. The van der Waals surface area contributed by atoms with E-state index in [1.807, 2.05) is 37.3 Å². The number of rotatable bonds is 3. The van der Waals surface area contributed by atoms with E-state index in [2.05, 4.69) is 10.3 Å². The molecule has 1 heterocycles. The number of hydrogen-bond acceptors (Lipinski definition) is 2. The molecule has 0 radical (unpaired) electrons. The van der Waals surface area contributed by atoms with E-state index in [4.69, 9.17) is 23.2 Å². The third-order valence-electron chi connectivity index (χ3n) is 2.48. The number of nitrogens with one attached hydrogen (secondary N) is 1. The summed E-state index contributed by atoms with van der Waals surface area (Å²) in [5.41, 5.74) is 3.02. The van der Waals surface area contributed by atoms with Crippen molar-refractivity contribution in [2.45, 2.75) is 13.5 Å². The Morgan fingerprint density at radius 1 is 1.24 bits per heavy atom. The lowest BCUT2D eigenvalue weighted by Gasteiger charge is -2.08. The van der Waals surface area contributed by atoms with E-state index in [9.17, 15) is 0 Å². The Bertz CT molecular complexity index is 527. The maximum absolute atomic E-state index is 6.06. The Kier molecular flexibility index (Phi) is 3.87. The Hall–Kier alpha value is -1.25. The zero-order valence-corrected chi connectivity index (χ0v) is 10.9. The average molecular weight is 267 g/mol. The van der Waals surface area contributed by atoms with Gasteiger partial charge >= 0.3 is 0 Å². The van der Waals surface area contributed by atoms with Crippen LogP contribution in [0.5, 0.6) is 0 Å². The Morgan fingerprint density at radius 3 is 2.76 bits per heavy atom. The van der Waals surface area contributed by atoms with E-state index in [-0.39, 0.29) is 0 Å². The van der Waals surface area contributed by atoms with Crippen molar-refractivity contribution in [3.05, 3.63) is 57.8 Å². The summed E-state index contributed by atoms with van der Waals surface area (Å²) < 4.78 is 0. The molecule has 0 fully saturated rings. The summed E-state index contributed by atoms with van der Waals surface area (Å²) in [5.74, 6) is 0. The minimum absolute atomic E-state index is 0.478. The third kappa shape index (κ3) is 3.11. The molecule has 1 aromatic heterocycles. The first kappa shape index (κ1) is 12.2. The average Bonchev–Trinajstić information content (AvgIpc) is 2.32. The number of halogens is 2. The van der Waals surface area contributed by atoms with Gasteiger partial charge in [-0.1, -0.05) is 35.3 Å². The van der Waals surface area contributed by atoms with Gasteiger partial charge in [0.1, 0.15) is 0 Å². The lowest BCUT2D eigenvalue weighted by atomic mass is 10.1. The molecule has 0 aliphatic rings. The van der Waals surface area contributed by atoms with E-state index in [0.29, 0.717) is 11.7 Å². The van der Waals surface area contributed by atoms with Crippen molar-refractivity contribution >= 4 is 28.9 Å². The molecular formula is C13H12Cl2N2. The van der Waals surface area contributed by atoms with Crippen molar-refractivity contribution in [1.29, 1.82) is 0 Å². The Morgan fingerprint density at radius 2 is 2.06 bits per heavy atom. The molecule has 0 aliphatic carbocycles. The van der Waals surface area contributed by atoms with Gasteiger partial charge in [-0.05, 0) is 36.2 Å². The summed E-state index contributed by atoms with van der Waals surface area (Å²) in [6, 6.07) is 9.73. The van der Waals surface area contributed by atoms with Crippen LogP contribution in [0, 0.1) is 6.92 Å². The molecule has 1 N–H and O–H groups in total. The van der Waals surface area contributed by atoms with Gasteiger partial charge in [0.05, 0.1) is 5.69 Å². The smallest absolute Gasteiger partial charge is 0.152 e. The highest BCUT2D eigenvalue weighted by Crippen LogP contribution is 2.20. The monoisotopic (exact) mass is 266 g/mol. The number of nitrogens with zero attached hydrogens (tertiary/aromatic N) is 1. The van der Waals surface area contributed by atoms with Crippen LogP contribution >= 0.6 is 23.2 Å². The molecule has 4 heteroatoms. The maximum atomic E-state index is 6.06. The highest BCUT2D eigenvalue weighted by Gasteiger charge is 2.01. The highest BCUT2D eigenvalue weighted by molar-refractivity contribution is 6.32. The summed E-state index contributed by atoms with van der Waals surface area (Å²) in [6.45, 7) is 2.66. The normalized spacial score (nSPS) is 10.3. The minimum atomic E-state index is 0.478. The van der Waals surface area contributed by atoms with Gasteiger partial charge in [0.25, 0.3) is 0 Å². The van der Waals surface area contributed by atoms with Crippen molar-refractivity contribution in [3.63, 3.8) is 0 Å². The number of aromatic nitrogens is 1. The van der Waals surface area contributed by atoms with Crippen LogP contribution in [-0.2, 0) is 6.54 Å². The fourth-order valence-corrected chi connectivity index (χ4v) is 1.85. The summed E-state index contributed by atoms with van der Waals surface area (Å²) in [6.07, 6.45) is 1.66. The molecule has 2 nitrogen and oxygen atoms in total. The molecule has 2 rings (SSSR count). The second-order valence-corrected chi connectivity index (χ2v) is 4.54. The van der Waals surface area contributed by atoms with Crippen LogP contribution in [-0.4, -0.2) is 4.98 Å². The number of hydrogen-bond donors (Lipinski definition) is 1. The summed E-state index contributed by atoms with van der Waals surface area (Å²) >= 11 is 12.0. The van der Waals surface area contributed by atoms with E-state index in [1.165, 1.54) is 0 Å². The Labute approximate surface area is 111 Å². The van der Waals surface area contributed by atoms with Crippen molar-refractivity contribution < 1.29 is 0 Å². The molecule has 0 bridgehead atoms. The van der Waals surface area contributed by atoms with E-state index in [1.54, 1.807) is 6.20 Å². The second-order valence-electron chi connectivity index (χ2n) is 3.78. The van der Waals surface area contributed by atoms with Gasteiger partial charge in [-0.15, -0.1) is 0 Å². The molecule has 0 unspecified atom stereocenters. The van der Waals surface area contributed by atoms with Gasteiger partial charge in [-0.25, -0.2) is 4.98 Å². The topological polar surface area (TPSA) is 24.9 Å². The van der Waals surface area contributed by atoms with Crippen LogP contribution in [0.2, 0.25) is 10.2 Å². The molecule has 0 saturated heterocycles.